The summed E-state index contributed by atoms with van der Waals surface area (Å²) in [5.41, 5.74) is 1.25. The van der Waals surface area contributed by atoms with Crippen LogP contribution in [0, 0.1) is 0 Å². The third-order valence-corrected chi connectivity index (χ3v) is 9.76. The van der Waals surface area contributed by atoms with Crippen molar-refractivity contribution in [1.29, 1.82) is 0 Å². The number of amides is 1. The Morgan fingerprint density at radius 2 is 2.03 bits per heavy atom. The van der Waals surface area contributed by atoms with Crippen molar-refractivity contribution < 1.29 is 30.7 Å². The van der Waals surface area contributed by atoms with Crippen LogP contribution in [0.3, 0.4) is 0 Å². The van der Waals surface area contributed by atoms with E-state index in [1.807, 2.05) is 37.2 Å². The molecule has 1 fully saturated rings. The van der Waals surface area contributed by atoms with Crippen molar-refractivity contribution in [2.24, 2.45) is 0 Å². The topological polar surface area (TPSA) is 105 Å². The number of likely N-dealkylation sites (N-methyl/N-ethyl adjacent to an activating group) is 2. The summed E-state index contributed by atoms with van der Waals surface area (Å²) in [6.45, 7) is 2.82. The summed E-state index contributed by atoms with van der Waals surface area (Å²) in [6.07, 6.45) is 4.00. The fourth-order valence-electron chi connectivity index (χ4n) is 4.28. The van der Waals surface area contributed by atoms with Crippen LogP contribution < -0.4 is 47.0 Å². The maximum atomic E-state index is 13.2. The van der Waals surface area contributed by atoms with E-state index in [-0.39, 0.29) is 45.0 Å². The van der Waals surface area contributed by atoms with Gasteiger partial charge in [-0.15, -0.1) is 0 Å². The van der Waals surface area contributed by atoms with Gasteiger partial charge in [-0.25, -0.2) is 0 Å². The minimum absolute atomic E-state index is 0.122. The van der Waals surface area contributed by atoms with Crippen LogP contribution >= 0.6 is 11.6 Å². The number of alkyl halides is 2. The van der Waals surface area contributed by atoms with E-state index in [4.69, 9.17) is 21.3 Å². The summed E-state index contributed by atoms with van der Waals surface area (Å²) in [6, 6.07) is 7.38. The molecule has 0 atom stereocenters. The molecule has 1 aliphatic rings. The van der Waals surface area contributed by atoms with Crippen LogP contribution in [-0.4, -0.2) is 81.6 Å². The van der Waals surface area contributed by atoms with Gasteiger partial charge >= 0.3 is 152 Å². The van der Waals surface area contributed by atoms with E-state index >= 15 is 0 Å². The molecule has 2 N–H and O–H groups in total. The molecule has 0 radical (unpaired) electrons. The number of nitrogens with zero attached hydrogens (tertiary/aromatic N) is 5. The second kappa shape index (κ2) is 12.9. The number of hydrogen-bond donors (Lipinski definition) is 2. The third-order valence-electron chi connectivity index (χ3n) is 6.48. The molecule has 3 heterocycles. The van der Waals surface area contributed by atoms with Gasteiger partial charge in [-0.2, -0.15) is 0 Å². The Hall–Kier alpha value is -2.64. The first kappa shape index (κ1) is 28.4. The molecule has 3 aromatic rings. The average Bonchev–Trinajstić information content (AvgIpc) is 2.92. The van der Waals surface area contributed by atoms with E-state index in [1.54, 1.807) is 16.8 Å². The molecule has 0 aliphatic carbocycles. The van der Waals surface area contributed by atoms with Gasteiger partial charge < -0.3 is 19.5 Å². The number of aromatic nitrogens is 3. The second-order valence-corrected chi connectivity index (χ2v) is 12.8. The SMILES string of the molecule is CNC(=O)COc1cc2cc(Nc3nc(N4CCC([I-]C)CC4)ncc3Cl)ccc2n(CCN(C)C)c1=O. The van der Waals surface area contributed by atoms with E-state index in [9.17, 15) is 9.59 Å². The van der Waals surface area contributed by atoms with Gasteiger partial charge in [-0.05, 0) is 14.1 Å². The van der Waals surface area contributed by atoms with Crippen molar-refractivity contribution in [3.8, 4) is 5.75 Å². The molecule has 1 saturated heterocycles. The number of piperidine rings is 1. The summed E-state index contributed by atoms with van der Waals surface area (Å²) in [5.74, 6) is 1.01. The number of rotatable bonds is 10. The molecule has 0 bridgehead atoms. The molecule has 206 valence electrons. The standard InChI is InChI=1S/C26H34ClIN7O3/c1-28-18-7-9-34(10-8-18)26-30-15-20(27)24(32-26)31-19-5-6-21-17(13-19)14-22(38-16-23(36)29-2)25(37)35(21)12-11-33(3)4/h5-6,13-15,18H,7-12,16H2,1-4H3,(H,29,36)(H,30,31,32)/q-1. The van der Waals surface area contributed by atoms with Crippen LogP contribution in [0.5, 0.6) is 5.75 Å². The quantitative estimate of drug-likeness (QED) is 0.224. The fourth-order valence-corrected chi connectivity index (χ4v) is 6.22. The van der Waals surface area contributed by atoms with Crippen molar-refractivity contribution in [3.05, 3.63) is 45.8 Å². The Morgan fingerprint density at radius 3 is 2.71 bits per heavy atom. The molecule has 4 rings (SSSR count). The Kier molecular flexibility index (Phi) is 9.66. The first-order valence-corrected chi connectivity index (χ1v) is 16.3. The summed E-state index contributed by atoms with van der Waals surface area (Å²) in [4.78, 5) is 40.7. The molecule has 2 aromatic heterocycles. The Bertz CT molecular complexity index is 1340. The maximum absolute atomic E-state index is 13.2. The van der Waals surface area contributed by atoms with Crippen LogP contribution in [0.1, 0.15) is 12.8 Å². The van der Waals surface area contributed by atoms with E-state index in [0.29, 0.717) is 29.9 Å². The minimum Gasteiger partial charge on any atom is -0.308 e. The number of ether oxygens (including phenoxy) is 1. The molecule has 12 heteroatoms. The predicted octanol–water partition coefficient (Wildman–Crippen LogP) is -0.437. The zero-order valence-electron chi connectivity index (χ0n) is 22.1. The Labute approximate surface area is 238 Å². The zero-order valence-corrected chi connectivity index (χ0v) is 25.0. The van der Waals surface area contributed by atoms with Gasteiger partial charge in [0.2, 0.25) is 0 Å². The van der Waals surface area contributed by atoms with Crippen LogP contribution in [-0.2, 0) is 11.3 Å². The van der Waals surface area contributed by atoms with Gasteiger partial charge in [-0.1, -0.05) is 0 Å². The number of nitrogens with one attached hydrogen (secondary N) is 2. The molecule has 38 heavy (non-hydrogen) atoms. The minimum atomic E-state index is -0.311. The van der Waals surface area contributed by atoms with Crippen molar-refractivity contribution in [1.82, 2.24) is 24.8 Å². The molecule has 0 saturated carbocycles. The number of carbonyl (C=O) groups excluding carboxylic acids is 1. The number of anilines is 3. The summed E-state index contributed by atoms with van der Waals surface area (Å²) in [7, 11) is 5.43. The average molecular weight is 655 g/mol. The molecule has 0 spiro atoms. The van der Waals surface area contributed by atoms with Crippen molar-refractivity contribution in [3.63, 3.8) is 0 Å². The smallest absolute Gasteiger partial charge is 0.308 e. The molecular formula is C26H34ClIN7O3-. The zero-order chi connectivity index (χ0) is 27.2. The summed E-state index contributed by atoms with van der Waals surface area (Å²) < 4.78 is 8.14. The van der Waals surface area contributed by atoms with Crippen molar-refractivity contribution >= 4 is 45.9 Å². The van der Waals surface area contributed by atoms with E-state index in [2.05, 4.69) is 25.4 Å². The van der Waals surface area contributed by atoms with Gasteiger partial charge in [-0.3, -0.25) is 9.59 Å². The van der Waals surface area contributed by atoms with E-state index in [0.717, 1.165) is 33.6 Å². The van der Waals surface area contributed by atoms with E-state index < -0.39 is 0 Å². The van der Waals surface area contributed by atoms with Crippen molar-refractivity contribution in [2.75, 3.05) is 62.5 Å². The monoisotopic (exact) mass is 654 g/mol. The number of halogens is 2. The summed E-state index contributed by atoms with van der Waals surface area (Å²) in [5, 5.41) is 7.04. The normalized spacial score (nSPS) is 14.3. The van der Waals surface area contributed by atoms with Crippen LogP contribution in [0.15, 0.2) is 35.3 Å². The third kappa shape index (κ3) is 6.86. The van der Waals surface area contributed by atoms with Gasteiger partial charge in [0.15, 0.2) is 12.4 Å². The molecule has 1 amide bonds. The number of pyridine rings is 1. The molecule has 1 aromatic carbocycles. The number of benzene rings is 1. The van der Waals surface area contributed by atoms with Gasteiger partial charge in [0.25, 0.3) is 11.5 Å². The number of carbonyl (C=O) groups is 1. The molecule has 1 aliphatic heterocycles. The van der Waals surface area contributed by atoms with Gasteiger partial charge in [0.05, 0.1) is 0 Å². The van der Waals surface area contributed by atoms with Crippen LogP contribution in [0.4, 0.5) is 17.5 Å². The Morgan fingerprint density at radius 1 is 1.26 bits per heavy atom. The van der Waals surface area contributed by atoms with Crippen LogP contribution in [0.2, 0.25) is 5.02 Å². The Balaban J connectivity index is 1.64. The van der Waals surface area contributed by atoms with E-state index in [1.165, 1.54) is 19.9 Å². The number of hydrogen-bond acceptors (Lipinski definition) is 8. The number of fused-ring (bicyclic) bond motifs is 1. The first-order valence-electron chi connectivity index (χ1n) is 12.5. The second-order valence-electron chi connectivity index (χ2n) is 9.38. The van der Waals surface area contributed by atoms with Gasteiger partial charge in [0, 0.05) is 20.1 Å². The summed E-state index contributed by atoms with van der Waals surface area (Å²) >= 11 is 6.73. The van der Waals surface area contributed by atoms with Crippen LogP contribution in [0.25, 0.3) is 10.9 Å². The van der Waals surface area contributed by atoms with Crippen molar-refractivity contribution in [2.45, 2.75) is 23.3 Å². The fraction of sp³-hybridized carbons (Fsp3) is 0.462. The first-order chi connectivity index (χ1) is 18.3. The van der Waals surface area contributed by atoms with Gasteiger partial charge in [0.1, 0.15) is 0 Å². The molecule has 10 nitrogen and oxygen atoms in total. The molecule has 0 unspecified atom stereocenters. The predicted molar refractivity (Wildman–Crippen MR) is 148 cm³/mol. The molecular weight excluding hydrogens is 621 g/mol.